The third-order valence-corrected chi connectivity index (χ3v) is 5.98. The first-order valence-electron chi connectivity index (χ1n) is 9.48. The average Bonchev–Trinajstić information content (AvgIpc) is 2.74. The van der Waals surface area contributed by atoms with Crippen LogP contribution >= 0.6 is 0 Å². The molecule has 8 heteroatoms. The molecule has 7 nitrogen and oxygen atoms in total. The average molecular weight is 420 g/mol. The van der Waals surface area contributed by atoms with Crippen LogP contribution in [0.15, 0.2) is 64.5 Å². The van der Waals surface area contributed by atoms with E-state index in [1.807, 2.05) is 31.2 Å². The zero-order chi connectivity index (χ0) is 21.1. The monoisotopic (exact) mass is 419 g/mol. The summed E-state index contributed by atoms with van der Waals surface area (Å²) in [6, 6.07) is 16.0. The number of para-hydroxylation sites is 2. The molecule has 0 amide bonds. The molecule has 0 heterocycles. The second kappa shape index (κ2) is 11.3. The third-order valence-electron chi connectivity index (χ3n) is 4.16. The van der Waals surface area contributed by atoms with Gasteiger partial charge in [0.2, 0.25) is 0 Å². The minimum Gasteiger partial charge on any atom is -0.493 e. The van der Waals surface area contributed by atoms with Crippen molar-refractivity contribution in [1.29, 1.82) is 0 Å². The number of ether oxygens (including phenoxy) is 2. The number of nitrogens with one attached hydrogen (secondary N) is 2. The van der Waals surface area contributed by atoms with Gasteiger partial charge in [-0.15, -0.1) is 0 Å². The third kappa shape index (κ3) is 7.30. The number of nitrogens with zero attached hydrogens (tertiary/aromatic N) is 1. The van der Waals surface area contributed by atoms with Crippen molar-refractivity contribution in [2.24, 2.45) is 4.99 Å². The zero-order valence-corrected chi connectivity index (χ0v) is 17.9. The number of hydrogen-bond acceptors (Lipinski definition) is 5. The van der Waals surface area contributed by atoms with Crippen LogP contribution in [0.1, 0.15) is 13.3 Å². The van der Waals surface area contributed by atoms with E-state index in [4.69, 9.17) is 9.47 Å². The number of sulfone groups is 1. The number of guanidine groups is 1. The van der Waals surface area contributed by atoms with Gasteiger partial charge in [-0.3, -0.25) is 4.99 Å². The molecule has 2 aromatic rings. The Kier molecular flexibility index (Phi) is 8.79. The summed E-state index contributed by atoms with van der Waals surface area (Å²) in [7, 11) is 0.0104. The first-order chi connectivity index (χ1) is 14.0. The van der Waals surface area contributed by atoms with E-state index >= 15 is 0 Å². The quantitative estimate of drug-likeness (QED) is 0.349. The van der Waals surface area contributed by atoms with E-state index in [9.17, 15) is 8.42 Å². The van der Waals surface area contributed by atoms with E-state index in [0.29, 0.717) is 41.9 Å². The van der Waals surface area contributed by atoms with Gasteiger partial charge < -0.3 is 20.1 Å². The number of hydrogen-bond donors (Lipinski definition) is 2. The Balaban J connectivity index is 1.74. The molecule has 158 valence electrons. The Morgan fingerprint density at radius 2 is 1.69 bits per heavy atom. The number of rotatable bonds is 10. The van der Waals surface area contributed by atoms with E-state index in [1.165, 1.54) is 0 Å². The van der Waals surface area contributed by atoms with Crippen LogP contribution in [-0.2, 0) is 9.84 Å². The fraction of sp³-hybridized carbons (Fsp3) is 0.381. The van der Waals surface area contributed by atoms with E-state index in [1.54, 1.807) is 44.5 Å². The van der Waals surface area contributed by atoms with Gasteiger partial charge in [-0.2, -0.15) is 0 Å². The van der Waals surface area contributed by atoms with Crippen LogP contribution in [0.3, 0.4) is 0 Å². The van der Waals surface area contributed by atoms with Crippen molar-refractivity contribution in [3.63, 3.8) is 0 Å². The maximum absolute atomic E-state index is 12.3. The summed E-state index contributed by atoms with van der Waals surface area (Å²) in [5.41, 5.74) is 0. The van der Waals surface area contributed by atoms with Crippen LogP contribution in [0.5, 0.6) is 11.5 Å². The van der Waals surface area contributed by atoms with Crippen LogP contribution in [0, 0.1) is 0 Å². The molecule has 0 radical (unpaired) electrons. The molecule has 0 aliphatic heterocycles. The molecular formula is C21H29N3O4S. The molecule has 2 rings (SSSR count). The van der Waals surface area contributed by atoms with Gasteiger partial charge in [0.05, 0.1) is 24.3 Å². The highest BCUT2D eigenvalue weighted by Crippen LogP contribution is 2.26. The van der Waals surface area contributed by atoms with Gasteiger partial charge in [0.15, 0.2) is 27.3 Å². The molecule has 0 aromatic heterocycles. The van der Waals surface area contributed by atoms with Crippen molar-refractivity contribution in [3.05, 3.63) is 54.6 Å². The Bertz CT molecular complexity index is 886. The van der Waals surface area contributed by atoms with Gasteiger partial charge in [0.1, 0.15) is 6.10 Å². The molecule has 2 N–H and O–H groups in total. The molecule has 0 fully saturated rings. The lowest BCUT2D eigenvalue weighted by Crippen LogP contribution is -2.42. The van der Waals surface area contributed by atoms with E-state index in [-0.39, 0.29) is 11.9 Å². The standard InChI is InChI=1S/C21H29N3O4S/c1-17(28-20-13-8-7-12-19(20)27-3)16-24-21(22-2)23-14-9-15-29(25,26)18-10-5-4-6-11-18/h4-8,10-13,17H,9,14-16H2,1-3H3,(H2,22,23,24). The summed E-state index contributed by atoms with van der Waals surface area (Å²) in [5.74, 6) is 2.03. The second-order valence-corrected chi connectivity index (χ2v) is 8.55. The molecule has 0 bridgehead atoms. The maximum atomic E-state index is 12.3. The SMILES string of the molecule is CN=C(NCCCS(=O)(=O)c1ccccc1)NCC(C)Oc1ccccc1OC. The molecule has 29 heavy (non-hydrogen) atoms. The van der Waals surface area contributed by atoms with Crippen LogP contribution in [0.4, 0.5) is 0 Å². The van der Waals surface area contributed by atoms with Crippen LogP contribution in [-0.4, -0.2) is 53.5 Å². The highest BCUT2D eigenvalue weighted by molar-refractivity contribution is 7.91. The van der Waals surface area contributed by atoms with E-state index in [0.717, 1.165) is 0 Å². The number of aliphatic imine (C=N–C) groups is 1. The van der Waals surface area contributed by atoms with Gasteiger partial charge >= 0.3 is 0 Å². The summed E-state index contributed by atoms with van der Waals surface area (Å²) >= 11 is 0. The summed E-state index contributed by atoms with van der Waals surface area (Å²) < 4.78 is 35.8. The van der Waals surface area contributed by atoms with Crippen molar-refractivity contribution in [2.45, 2.75) is 24.3 Å². The van der Waals surface area contributed by atoms with E-state index < -0.39 is 9.84 Å². The van der Waals surface area contributed by atoms with Gasteiger partial charge in [-0.05, 0) is 37.6 Å². The van der Waals surface area contributed by atoms with Crippen molar-refractivity contribution in [1.82, 2.24) is 10.6 Å². The molecule has 0 spiro atoms. The Hall–Kier alpha value is -2.74. The molecule has 0 saturated carbocycles. The minimum absolute atomic E-state index is 0.0777. The Morgan fingerprint density at radius 3 is 2.34 bits per heavy atom. The highest BCUT2D eigenvalue weighted by atomic mass is 32.2. The summed E-state index contributed by atoms with van der Waals surface area (Å²) in [5, 5.41) is 6.31. The van der Waals surface area contributed by atoms with Crippen molar-refractivity contribution < 1.29 is 17.9 Å². The lowest BCUT2D eigenvalue weighted by atomic mass is 10.3. The Morgan fingerprint density at radius 1 is 1.03 bits per heavy atom. The highest BCUT2D eigenvalue weighted by Gasteiger charge is 2.13. The molecule has 0 aliphatic carbocycles. The predicted molar refractivity (Wildman–Crippen MR) is 116 cm³/mol. The lowest BCUT2D eigenvalue weighted by molar-refractivity contribution is 0.213. The van der Waals surface area contributed by atoms with Crippen molar-refractivity contribution in [3.8, 4) is 11.5 Å². The van der Waals surface area contributed by atoms with Crippen LogP contribution < -0.4 is 20.1 Å². The summed E-state index contributed by atoms with van der Waals surface area (Å²) in [4.78, 5) is 4.51. The van der Waals surface area contributed by atoms with Crippen molar-refractivity contribution >= 4 is 15.8 Å². The molecule has 1 unspecified atom stereocenters. The van der Waals surface area contributed by atoms with Crippen molar-refractivity contribution in [2.75, 3.05) is 33.0 Å². The Labute approximate surface area is 173 Å². The smallest absolute Gasteiger partial charge is 0.191 e. The number of methoxy groups -OCH3 is 1. The topological polar surface area (TPSA) is 89.0 Å². The fourth-order valence-electron chi connectivity index (χ4n) is 2.65. The fourth-order valence-corrected chi connectivity index (χ4v) is 3.98. The van der Waals surface area contributed by atoms with Crippen LogP contribution in [0.2, 0.25) is 0 Å². The molecular weight excluding hydrogens is 390 g/mol. The molecule has 0 aliphatic rings. The molecule has 0 saturated heterocycles. The maximum Gasteiger partial charge on any atom is 0.191 e. The van der Waals surface area contributed by atoms with Gasteiger partial charge in [-0.25, -0.2) is 8.42 Å². The van der Waals surface area contributed by atoms with Gasteiger partial charge in [0.25, 0.3) is 0 Å². The van der Waals surface area contributed by atoms with E-state index in [2.05, 4.69) is 15.6 Å². The molecule has 2 aromatic carbocycles. The van der Waals surface area contributed by atoms with Gasteiger partial charge in [-0.1, -0.05) is 30.3 Å². The number of benzene rings is 2. The van der Waals surface area contributed by atoms with Gasteiger partial charge in [0, 0.05) is 13.6 Å². The second-order valence-electron chi connectivity index (χ2n) is 6.44. The summed E-state index contributed by atoms with van der Waals surface area (Å²) in [6.45, 7) is 2.96. The summed E-state index contributed by atoms with van der Waals surface area (Å²) in [6.07, 6.45) is 0.355. The normalized spacial score (nSPS) is 12.9. The van der Waals surface area contributed by atoms with Crippen LogP contribution in [0.25, 0.3) is 0 Å². The first-order valence-corrected chi connectivity index (χ1v) is 11.1. The zero-order valence-electron chi connectivity index (χ0n) is 17.1. The molecule has 1 atom stereocenters. The minimum atomic E-state index is -3.26. The lowest BCUT2D eigenvalue weighted by Gasteiger charge is -2.19. The largest absolute Gasteiger partial charge is 0.493 e. The predicted octanol–water partition coefficient (Wildman–Crippen LogP) is 2.49. The first kappa shape index (κ1) is 22.5.